The summed E-state index contributed by atoms with van der Waals surface area (Å²) in [6.07, 6.45) is 3.20. The van der Waals surface area contributed by atoms with E-state index < -0.39 is 0 Å². The summed E-state index contributed by atoms with van der Waals surface area (Å²) >= 11 is 5.93. The lowest BCUT2D eigenvalue weighted by Gasteiger charge is -2.35. The van der Waals surface area contributed by atoms with Gasteiger partial charge in [-0.15, -0.1) is 0 Å². The molecule has 1 aromatic heterocycles. The van der Waals surface area contributed by atoms with Gasteiger partial charge in [0.15, 0.2) is 0 Å². The minimum absolute atomic E-state index is 0.0631. The molecule has 0 N–H and O–H groups in total. The second kappa shape index (κ2) is 9.62. The third-order valence-electron chi connectivity index (χ3n) is 5.19. The zero-order valence-corrected chi connectivity index (χ0v) is 17.7. The molecule has 158 valence electrons. The molecule has 1 saturated heterocycles. The first-order valence-corrected chi connectivity index (χ1v) is 10.4. The smallest absolute Gasteiger partial charge is 0.257 e. The van der Waals surface area contributed by atoms with E-state index in [0.717, 1.165) is 5.56 Å². The molecular weight excluding hydrogens is 414 g/mol. The second-order valence-electron chi connectivity index (χ2n) is 7.24. The second-order valence-corrected chi connectivity index (χ2v) is 7.67. The number of carbonyl (C=O) groups excluding carboxylic acids is 2. The van der Waals surface area contributed by atoms with Crippen LogP contribution in [0.4, 0.5) is 0 Å². The molecule has 0 aliphatic carbocycles. The molecule has 7 heteroatoms. The highest BCUT2D eigenvalue weighted by molar-refractivity contribution is 6.30. The van der Waals surface area contributed by atoms with Crippen molar-refractivity contribution in [2.75, 3.05) is 26.2 Å². The van der Waals surface area contributed by atoms with Crippen LogP contribution in [0.5, 0.6) is 5.75 Å². The molecule has 31 heavy (non-hydrogen) atoms. The molecule has 1 aliphatic rings. The lowest BCUT2D eigenvalue weighted by atomic mass is 10.1. The molecule has 0 spiro atoms. The van der Waals surface area contributed by atoms with Crippen LogP contribution in [0.1, 0.15) is 26.3 Å². The number of para-hydroxylation sites is 1. The number of hydrogen-bond donors (Lipinski definition) is 0. The van der Waals surface area contributed by atoms with Gasteiger partial charge in [-0.2, -0.15) is 0 Å². The monoisotopic (exact) mass is 435 g/mol. The maximum atomic E-state index is 13.1. The van der Waals surface area contributed by atoms with Gasteiger partial charge >= 0.3 is 0 Å². The molecule has 0 radical (unpaired) electrons. The highest BCUT2D eigenvalue weighted by atomic mass is 35.5. The lowest BCUT2D eigenvalue weighted by molar-refractivity contribution is 0.0532. The quantitative estimate of drug-likeness (QED) is 0.609. The van der Waals surface area contributed by atoms with E-state index in [0.29, 0.717) is 54.7 Å². The fraction of sp³-hybridized carbons (Fsp3) is 0.208. The molecule has 0 atom stereocenters. The highest BCUT2D eigenvalue weighted by Gasteiger charge is 2.27. The van der Waals surface area contributed by atoms with Gasteiger partial charge in [0.05, 0.1) is 11.1 Å². The molecule has 0 unspecified atom stereocenters. The van der Waals surface area contributed by atoms with Gasteiger partial charge in [0, 0.05) is 43.6 Å². The van der Waals surface area contributed by atoms with Crippen LogP contribution in [0, 0.1) is 0 Å². The number of hydrogen-bond acceptors (Lipinski definition) is 4. The fourth-order valence-electron chi connectivity index (χ4n) is 3.47. The number of benzene rings is 2. The fourth-order valence-corrected chi connectivity index (χ4v) is 3.59. The van der Waals surface area contributed by atoms with Crippen LogP contribution in [0.3, 0.4) is 0 Å². The Balaban J connectivity index is 1.39. The third-order valence-corrected chi connectivity index (χ3v) is 5.44. The topological polar surface area (TPSA) is 62.7 Å². The maximum absolute atomic E-state index is 13.1. The molecule has 3 aromatic rings. The van der Waals surface area contributed by atoms with Gasteiger partial charge in [0.25, 0.3) is 11.8 Å². The third kappa shape index (κ3) is 5.03. The summed E-state index contributed by atoms with van der Waals surface area (Å²) in [5.74, 6) is 0.378. The largest absolute Gasteiger partial charge is 0.488 e. The van der Waals surface area contributed by atoms with Crippen LogP contribution in [0.15, 0.2) is 73.1 Å². The number of pyridine rings is 1. The molecule has 1 fully saturated rings. The van der Waals surface area contributed by atoms with E-state index in [1.807, 2.05) is 36.4 Å². The Bertz CT molecular complexity index is 1050. The summed E-state index contributed by atoms with van der Waals surface area (Å²) in [4.78, 5) is 33.3. The van der Waals surface area contributed by atoms with Crippen LogP contribution in [0.25, 0.3) is 0 Å². The van der Waals surface area contributed by atoms with Crippen molar-refractivity contribution in [1.82, 2.24) is 14.8 Å². The molecule has 2 heterocycles. The number of aromatic nitrogens is 1. The summed E-state index contributed by atoms with van der Waals surface area (Å²) in [5.41, 5.74) is 2.04. The van der Waals surface area contributed by atoms with Crippen molar-refractivity contribution in [3.05, 3.63) is 94.8 Å². The molecule has 0 bridgehead atoms. The predicted molar refractivity (Wildman–Crippen MR) is 118 cm³/mol. The van der Waals surface area contributed by atoms with Gasteiger partial charge in [-0.3, -0.25) is 14.6 Å². The van der Waals surface area contributed by atoms with Crippen LogP contribution in [-0.4, -0.2) is 52.8 Å². The normalized spacial score (nSPS) is 13.7. The molecule has 0 saturated carbocycles. The summed E-state index contributed by atoms with van der Waals surface area (Å²) in [7, 11) is 0. The summed E-state index contributed by atoms with van der Waals surface area (Å²) < 4.78 is 5.93. The van der Waals surface area contributed by atoms with Gasteiger partial charge < -0.3 is 14.5 Å². The van der Waals surface area contributed by atoms with Gasteiger partial charge in [-0.1, -0.05) is 35.9 Å². The summed E-state index contributed by atoms with van der Waals surface area (Å²) in [5, 5.41) is 0.667. The lowest BCUT2D eigenvalue weighted by Crippen LogP contribution is -2.50. The average molecular weight is 436 g/mol. The van der Waals surface area contributed by atoms with Gasteiger partial charge in [0.2, 0.25) is 0 Å². The molecule has 2 aromatic carbocycles. The van der Waals surface area contributed by atoms with Gasteiger partial charge in [0.1, 0.15) is 12.4 Å². The van der Waals surface area contributed by atoms with E-state index in [4.69, 9.17) is 16.3 Å². The van der Waals surface area contributed by atoms with E-state index in [1.165, 1.54) is 0 Å². The minimum Gasteiger partial charge on any atom is -0.488 e. The van der Waals surface area contributed by atoms with Gasteiger partial charge in [-0.25, -0.2) is 0 Å². The predicted octanol–water partition coefficient (Wildman–Crippen LogP) is 3.91. The Labute approximate surface area is 186 Å². The Hall–Kier alpha value is -3.38. The number of carbonyl (C=O) groups is 2. The van der Waals surface area contributed by atoms with Crippen molar-refractivity contribution in [2.24, 2.45) is 0 Å². The molecule has 4 rings (SSSR count). The molecular formula is C24H22ClN3O3. The average Bonchev–Trinajstić information content (AvgIpc) is 2.83. The van der Waals surface area contributed by atoms with Crippen molar-refractivity contribution in [2.45, 2.75) is 6.61 Å². The summed E-state index contributed by atoms with van der Waals surface area (Å²) in [6, 6.07) is 18.1. The van der Waals surface area contributed by atoms with E-state index in [9.17, 15) is 9.59 Å². The first kappa shape index (κ1) is 20.9. The molecule has 1 aliphatic heterocycles. The highest BCUT2D eigenvalue weighted by Crippen LogP contribution is 2.22. The maximum Gasteiger partial charge on any atom is 0.257 e. The zero-order valence-electron chi connectivity index (χ0n) is 16.9. The Kier molecular flexibility index (Phi) is 6.48. The van der Waals surface area contributed by atoms with Crippen molar-refractivity contribution in [3.8, 4) is 5.75 Å². The number of ether oxygens (including phenoxy) is 1. The Morgan fingerprint density at radius 1 is 0.871 bits per heavy atom. The van der Waals surface area contributed by atoms with Gasteiger partial charge in [-0.05, 0) is 42.0 Å². The van der Waals surface area contributed by atoms with E-state index in [2.05, 4.69) is 4.98 Å². The summed E-state index contributed by atoms with van der Waals surface area (Å²) in [6.45, 7) is 2.24. The van der Waals surface area contributed by atoms with Crippen molar-refractivity contribution < 1.29 is 14.3 Å². The SMILES string of the molecule is O=C(c1cccnc1)N1CCN(C(=O)c2ccccc2OCc2ccc(Cl)cc2)CC1. The standard InChI is InChI=1S/C24H22ClN3O3/c25-20-9-7-18(8-10-20)17-31-22-6-2-1-5-21(22)24(30)28-14-12-27(13-15-28)23(29)19-4-3-11-26-16-19/h1-11,16H,12-15,17H2. The van der Waals surface area contributed by atoms with Crippen LogP contribution < -0.4 is 4.74 Å². The van der Waals surface area contributed by atoms with Crippen LogP contribution in [0.2, 0.25) is 5.02 Å². The van der Waals surface area contributed by atoms with Crippen LogP contribution >= 0.6 is 11.6 Å². The zero-order chi connectivity index (χ0) is 21.6. The number of rotatable bonds is 5. The number of nitrogens with zero attached hydrogens (tertiary/aromatic N) is 3. The molecule has 2 amide bonds. The minimum atomic E-state index is -0.0971. The number of halogens is 1. The number of amides is 2. The van der Waals surface area contributed by atoms with Crippen molar-refractivity contribution >= 4 is 23.4 Å². The van der Waals surface area contributed by atoms with E-state index in [-0.39, 0.29) is 11.8 Å². The first-order chi connectivity index (χ1) is 15.1. The first-order valence-electron chi connectivity index (χ1n) is 10.1. The Morgan fingerprint density at radius 2 is 1.55 bits per heavy atom. The van der Waals surface area contributed by atoms with Crippen molar-refractivity contribution in [1.29, 1.82) is 0 Å². The Morgan fingerprint density at radius 3 is 2.23 bits per heavy atom. The van der Waals surface area contributed by atoms with Crippen LogP contribution in [-0.2, 0) is 6.61 Å². The molecule has 6 nitrogen and oxygen atoms in total. The number of piperazine rings is 1. The van der Waals surface area contributed by atoms with E-state index >= 15 is 0 Å². The van der Waals surface area contributed by atoms with Crippen molar-refractivity contribution in [3.63, 3.8) is 0 Å². The van der Waals surface area contributed by atoms with E-state index in [1.54, 1.807) is 46.5 Å².